The molecule has 3 N–H and O–H groups in total. The quantitative estimate of drug-likeness (QED) is 0.810. The average molecular weight is 256 g/mol. The maximum Gasteiger partial charge on any atom is 0.183 e. The number of hydrogen-bond acceptors (Lipinski definition) is 3. The minimum Gasteiger partial charge on any atom is -0.398 e. The molecule has 0 aliphatic heterocycles. The van der Waals surface area contributed by atoms with Crippen molar-refractivity contribution in [3.63, 3.8) is 0 Å². The van der Waals surface area contributed by atoms with Gasteiger partial charge in [-0.05, 0) is 43.9 Å². The Kier molecular flexibility index (Phi) is 3.01. The first-order valence-electron chi connectivity index (χ1n) is 6.94. The van der Waals surface area contributed by atoms with Gasteiger partial charge in [0.15, 0.2) is 5.82 Å². The number of aromatic nitrogens is 3. The second-order valence-corrected chi connectivity index (χ2v) is 5.57. The van der Waals surface area contributed by atoms with Gasteiger partial charge in [-0.2, -0.15) is 5.10 Å². The van der Waals surface area contributed by atoms with Crippen molar-refractivity contribution in [2.75, 3.05) is 5.73 Å². The van der Waals surface area contributed by atoms with Gasteiger partial charge in [0.25, 0.3) is 0 Å². The second-order valence-electron chi connectivity index (χ2n) is 5.57. The van der Waals surface area contributed by atoms with Gasteiger partial charge in [0.2, 0.25) is 0 Å². The lowest BCUT2D eigenvalue weighted by Crippen LogP contribution is -1.97. The van der Waals surface area contributed by atoms with Crippen LogP contribution < -0.4 is 5.73 Å². The van der Waals surface area contributed by atoms with Gasteiger partial charge >= 0.3 is 0 Å². The molecule has 1 fully saturated rings. The zero-order chi connectivity index (χ0) is 13.4. The molecule has 1 aliphatic carbocycles. The maximum absolute atomic E-state index is 6.15. The third kappa shape index (κ3) is 2.23. The Morgan fingerprint density at radius 2 is 1.95 bits per heavy atom. The molecule has 1 aromatic carbocycles. The van der Waals surface area contributed by atoms with Crippen LogP contribution in [-0.4, -0.2) is 15.2 Å². The van der Waals surface area contributed by atoms with E-state index in [1.54, 1.807) is 0 Å². The summed E-state index contributed by atoms with van der Waals surface area (Å²) in [5, 5.41) is 7.45. The highest BCUT2D eigenvalue weighted by Crippen LogP contribution is 2.34. The van der Waals surface area contributed by atoms with Gasteiger partial charge in [-0.15, -0.1) is 0 Å². The first kappa shape index (κ1) is 12.2. The lowest BCUT2D eigenvalue weighted by Gasteiger charge is -2.07. The summed E-state index contributed by atoms with van der Waals surface area (Å²) >= 11 is 0. The van der Waals surface area contributed by atoms with E-state index in [0.717, 1.165) is 28.5 Å². The van der Waals surface area contributed by atoms with Crippen molar-refractivity contribution in [3.8, 4) is 11.4 Å². The number of hydrogen-bond donors (Lipinski definition) is 2. The highest BCUT2D eigenvalue weighted by molar-refractivity contribution is 5.74. The summed E-state index contributed by atoms with van der Waals surface area (Å²) in [4.78, 5) is 4.66. The van der Waals surface area contributed by atoms with Crippen molar-refractivity contribution in [1.29, 1.82) is 0 Å². The van der Waals surface area contributed by atoms with Crippen LogP contribution in [0.5, 0.6) is 0 Å². The summed E-state index contributed by atoms with van der Waals surface area (Å²) < 4.78 is 0. The minimum absolute atomic E-state index is 0.549. The van der Waals surface area contributed by atoms with Gasteiger partial charge < -0.3 is 5.73 Å². The molecule has 1 aliphatic rings. The Labute approximate surface area is 113 Å². The smallest absolute Gasteiger partial charge is 0.183 e. The Hall–Kier alpha value is -1.84. The zero-order valence-electron chi connectivity index (χ0n) is 11.5. The van der Waals surface area contributed by atoms with Crippen LogP contribution in [-0.2, 0) is 0 Å². The third-order valence-corrected chi connectivity index (χ3v) is 4.02. The number of aromatic amines is 1. The summed E-state index contributed by atoms with van der Waals surface area (Å²) in [7, 11) is 0. The predicted molar refractivity (Wildman–Crippen MR) is 76.9 cm³/mol. The van der Waals surface area contributed by atoms with Crippen LogP contribution in [0.25, 0.3) is 11.4 Å². The molecular weight excluding hydrogens is 236 g/mol. The van der Waals surface area contributed by atoms with E-state index >= 15 is 0 Å². The molecule has 1 heterocycles. The van der Waals surface area contributed by atoms with Crippen molar-refractivity contribution in [2.45, 2.75) is 45.4 Å². The first-order chi connectivity index (χ1) is 9.15. The van der Waals surface area contributed by atoms with Gasteiger partial charge in [-0.3, -0.25) is 5.10 Å². The molecule has 0 spiro atoms. The highest BCUT2D eigenvalue weighted by Gasteiger charge is 2.21. The van der Waals surface area contributed by atoms with Crippen LogP contribution in [0.3, 0.4) is 0 Å². The van der Waals surface area contributed by atoms with Crippen LogP contribution in [0.1, 0.15) is 48.6 Å². The largest absolute Gasteiger partial charge is 0.398 e. The standard InChI is InChI=1S/C15H20N4/c1-9-7-10(2)13(16)12(8-9)15-17-14(18-19-15)11-5-3-4-6-11/h7-8,11H,3-6,16H2,1-2H3,(H,17,18,19). The molecule has 0 saturated heterocycles. The van der Waals surface area contributed by atoms with Crippen LogP contribution in [0.2, 0.25) is 0 Å². The second kappa shape index (κ2) is 4.68. The van der Waals surface area contributed by atoms with E-state index in [-0.39, 0.29) is 0 Å². The summed E-state index contributed by atoms with van der Waals surface area (Å²) in [6.07, 6.45) is 5.03. The molecule has 4 nitrogen and oxygen atoms in total. The average Bonchev–Trinajstić information content (AvgIpc) is 3.03. The number of nitrogen functional groups attached to an aromatic ring is 1. The Morgan fingerprint density at radius 1 is 1.21 bits per heavy atom. The molecule has 1 saturated carbocycles. The van der Waals surface area contributed by atoms with Crippen LogP contribution in [0.4, 0.5) is 5.69 Å². The molecule has 3 rings (SSSR count). The van der Waals surface area contributed by atoms with Gasteiger partial charge in [-0.1, -0.05) is 18.9 Å². The van der Waals surface area contributed by atoms with Crippen LogP contribution >= 0.6 is 0 Å². The third-order valence-electron chi connectivity index (χ3n) is 4.02. The molecular formula is C15H20N4. The Bertz CT molecular complexity index is 594. The van der Waals surface area contributed by atoms with Crippen LogP contribution in [0.15, 0.2) is 12.1 Å². The lowest BCUT2D eigenvalue weighted by molar-refractivity contribution is 0.672. The number of rotatable bonds is 2. The number of nitrogens with zero attached hydrogens (tertiary/aromatic N) is 2. The number of anilines is 1. The molecule has 0 bridgehead atoms. The van der Waals surface area contributed by atoms with Crippen molar-refractivity contribution in [1.82, 2.24) is 15.2 Å². The van der Waals surface area contributed by atoms with E-state index in [9.17, 15) is 0 Å². The lowest BCUT2D eigenvalue weighted by atomic mass is 10.0. The van der Waals surface area contributed by atoms with Crippen molar-refractivity contribution >= 4 is 5.69 Å². The van der Waals surface area contributed by atoms with E-state index in [1.807, 2.05) is 6.92 Å². The molecule has 0 amide bonds. The van der Waals surface area contributed by atoms with Crippen LogP contribution in [0, 0.1) is 13.8 Å². The molecule has 19 heavy (non-hydrogen) atoms. The molecule has 0 atom stereocenters. The molecule has 0 radical (unpaired) electrons. The van der Waals surface area contributed by atoms with E-state index in [1.165, 1.54) is 31.2 Å². The molecule has 2 aromatic rings. The normalized spacial score (nSPS) is 16.1. The van der Waals surface area contributed by atoms with Gasteiger partial charge in [0.1, 0.15) is 5.82 Å². The van der Waals surface area contributed by atoms with Gasteiger partial charge in [0.05, 0.1) is 0 Å². The fourth-order valence-electron chi connectivity index (χ4n) is 2.94. The monoisotopic (exact) mass is 256 g/mol. The molecule has 1 aromatic heterocycles. The summed E-state index contributed by atoms with van der Waals surface area (Å²) in [5.41, 5.74) is 10.1. The van der Waals surface area contributed by atoms with Crippen molar-refractivity contribution < 1.29 is 0 Å². The predicted octanol–water partition coefficient (Wildman–Crippen LogP) is 3.33. The highest BCUT2D eigenvalue weighted by atomic mass is 15.2. The van der Waals surface area contributed by atoms with Crippen molar-refractivity contribution in [3.05, 3.63) is 29.1 Å². The fourth-order valence-corrected chi connectivity index (χ4v) is 2.94. The maximum atomic E-state index is 6.15. The SMILES string of the molecule is Cc1cc(C)c(N)c(-c2n[nH]c(C3CCCC3)n2)c1. The minimum atomic E-state index is 0.549. The number of aryl methyl sites for hydroxylation is 2. The van der Waals surface area contributed by atoms with Gasteiger partial charge in [0, 0.05) is 17.2 Å². The number of nitrogens with two attached hydrogens (primary N) is 1. The zero-order valence-corrected chi connectivity index (χ0v) is 11.5. The molecule has 4 heteroatoms. The summed E-state index contributed by atoms with van der Waals surface area (Å²) in [6, 6.07) is 4.15. The van der Waals surface area contributed by atoms with Gasteiger partial charge in [-0.25, -0.2) is 4.98 Å². The first-order valence-corrected chi connectivity index (χ1v) is 6.94. The Morgan fingerprint density at radius 3 is 2.68 bits per heavy atom. The topological polar surface area (TPSA) is 67.6 Å². The number of benzene rings is 1. The molecule has 0 unspecified atom stereocenters. The summed E-state index contributed by atoms with van der Waals surface area (Å²) in [6.45, 7) is 4.09. The summed E-state index contributed by atoms with van der Waals surface area (Å²) in [5.74, 6) is 2.30. The van der Waals surface area contributed by atoms with E-state index in [0.29, 0.717) is 5.92 Å². The number of H-pyrrole nitrogens is 1. The molecule has 100 valence electrons. The van der Waals surface area contributed by atoms with E-state index in [4.69, 9.17) is 5.73 Å². The fraction of sp³-hybridized carbons (Fsp3) is 0.467. The van der Waals surface area contributed by atoms with E-state index in [2.05, 4.69) is 34.2 Å². The van der Waals surface area contributed by atoms with Crippen molar-refractivity contribution in [2.24, 2.45) is 0 Å². The van der Waals surface area contributed by atoms with E-state index < -0.39 is 0 Å². The Balaban J connectivity index is 1.98. The number of nitrogens with one attached hydrogen (secondary N) is 1.